The fraction of sp³-hybridized carbons (Fsp3) is 0.154. The topological polar surface area (TPSA) is 85.1 Å². The number of anilines is 1. The van der Waals surface area contributed by atoms with Crippen LogP contribution in [-0.2, 0) is 16.6 Å². The van der Waals surface area contributed by atoms with Gasteiger partial charge in [-0.15, -0.1) is 0 Å². The van der Waals surface area contributed by atoms with Crippen LogP contribution < -0.4 is 10.5 Å². The summed E-state index contributed by atoms with van der Waals surface area (Å²) in [6, 6.07) is 5.17. The van der Waals surface area contributed by atoms with E-state index in [2.05, 4.69) is 9.71 Å². The molecule has 2 rings (SSSR count). The Morgan fingerprint density at radius 3 is 2.75 bits per heavy atom. The number of sulfonamides is 1. The van der Waals surface area contributed by atoms with Crippen molar-refractivity contribution < 1.29 is 12.8 Å². The molecule has 0 fully saturated rings. The lowest BCUT2D eigenvalue weighted by atomic mass is 10.2. The smallest absolute Gasteiger partial charge is 0.243 e. The SMILES string of the molecule is Cc1cnccc1CNS(=O)(=O)c1ccc(N)cc1F. The number of benzene rings is 1. The van der Waals surface area contributed by atoms with Crippen LogP contribution in [-0.4, -0.2) is 13.4 Å². The second-order valence-corrected chi connectivity index (χ2v) is 6.05. The average molecular weight is 295 g/mol. The molecule has 0 amide bonds. The highest BCUT2D eigenvalue weighted by Gasteiger charge is 2.19. The van der Waals surface area contributed by atoms with E-state index in [1.165, 1.54) is 6.07 Å². The maximum absolute atomic E-state index is 13.6. The molecular weight excluding hydrogens is 281 g/mol. The molecule has 5 nitrogen and oxygen atoms in total. The Morgan fingerprint density at radius 1 is 1.35 bits per heavy atom. The van der Waals surface area contributed by atoms with Crippen molar-refractivity contribution in [3.8, 4) is 0 Å². The van der Waals surface area contributed by atoms with E-state index in [9.17, 15) is 12.8 Å². The molecular formula is C13H14FN3O2S. The molecule has 0 aliphatic carbocycles. The number of hydrogen-bond donors (Lipinski definition) is 2. The molecule has 0 spiro atoms. The number of aryl methyl sites for hydroxylation is 1. The van der Waals surface area contributed by atoms with E-state index in [0.717, 1.165) is 23.3 Å². The number of halogens is 1. The van der Waals surface area contributed by atoms with E-state index in [0.29, 0.717) is 0 Å². The molecule has 20 heavy (non-hydrogen) atoms. The first kappa shape index (κ1) is 14.4. The summed E-state index contributed by atoms with van der Waals surface area (Å²) in [4.78, 5) is 3.50. The minimum Gasteiger partial charge on any atom is -0.399 e. The van der Waals surface area contributed by atoms with Crippen molar-refractivity contribution in [2.75, 3.05) is 5.73 Å². The quantitative estimate of drug-likeness (QED) is 0.839. The molecule has 3 N–H and O–H groups in total. The molecule has 7 heteroatoms. The predicted molar refractivity (Wildman–Crippen MR) is 73.8 cm³/mol. The number of rotatable bonds is 4. The van der Waals surface area contributed by atoms with E-state index < -0.39 is 20.7 Å². The number of nitrogens with one attached hydrogen (secondary N) is 1. The van der Waals surface area contributed by atoms with Crippen molar-refractivity contribution in [3.05, 3.63) is 53.6 Å². The van der Waals surface area contributed by atoms with Gasteiger partial charge in [-0.1, -0.05) is 0 Å². The van der Waals surface area contributed by atoms with Crippen LogP contribution in [0.2, 0.25) is 0 Å². The van der Waals surface area contributed by atoms with E-state index in [-0.39, 0.29) is 12.2 Å². The summed E-state index contributed by atoms with van der Waals surface area (Å²) in [7, 11) is -3.92. The van der Waals surface area contributed by atoms with E-state index in [1.54, 1.807) is 18.5 Å². The summed E-state index contributed by atoms with van der Waals surface area (Å²) in [6.45, 7) is 1.89. The van der Waals surface area contributed by atoms with Gasteiger partial charge in [-0.2, -0.15) is 0 Å². The number of hydrogen-bond acceptors (Lipinski definition) is 4. The number of nitrogen functional groups attached to an aromatic ring is 1. The number of pyridine rings is 1. The van der Waals surface area contributed by atoms with Crippen molar-refractivity contribution in [1.82, 2.24) is 9.71 Å². The molecule has 1 aromatic carbocycles. The molecule has 1 aromatic heterocycles. The van der Waals surface area contributed by atoms with E-state index >= 15 is 0 Å². The van der Waals surface area contributed by atoms with Gasteiger partial charge in [-0.05, 0) is 42.3 Å². The molecule has 0 atom stereocenters. The predicted octanol–water partition coefficient (Wildman–Crippen LogP) is 1.59. The van der Waals surface area contributed by atoms with E-state index in [4.69, 9.17) is 5.73 Å². The minimum absolute atomic E-state index is 0.0699. The number of nitrogens with zero attached hydrogens (tertiary/aromatic N) is 1. The van der Waals surface area contributed by atoms with Crippen molar-refractivity contribution in [2.24, 2.45) is 0 Å². The highest BCUT2D eigenvalue weighted by Crippen LogP contribution is 2.17. The maximum Gasteiger partial charge on any atom is 0.243 e. The van der Waals surface area contributed by atoms with Gasteiger partial charge in [-0.3, -0.25) is 4.98 Å². The van der Waals surface area contributed by atoms with Crippen LogP contribution in [0.15, 0.2) is 41.6 Å². The van der Waals surface area contributed by atoms with Crippen molar-refractivity contribution in [1.29, 1.82) is 0 Å². The van der Waals surface area contributed by atoms with Crippen LogP contribution >= 0.6 is 0 Å². The third-order valence-electron chi connectivity index (χ3n) is 2.83. The summed E-state index contributed by atoms with van der Waals surface area (Å²) in [5.74, 6) is -0.871. The van der Waals surface area contributed by atoms with Crippen LogP contribution in [0.3, 0.4) is 0 Å². The molecule has 0 bridgehead atoms. The lowest BCUT2D eigenvalue weighted by Gasteiger charge is -2.09. The van der Waals surface area contributed by atoms with Crippen LogP contribution in [0.5, 0.6) is 0 Å². The molecule has 0 aliphatic rings. The third-order valence-corrected chi connectivity index (χ3v) is 4.27. The van der Waals surface area contributed by atoms with Crippen LogP contribution in [0, 0.1) is 12.7 Å². The van der Waals surface area contributed by atoms with Gasteiger partial charge >= 0.3 is 0 Å². The Kier molecular flexibility index (Phi) is 4.01. The zero-order valence-corrected chi connectivity index (χ0v) is 11.6. The Morgan fingerprint density at radius 2 is 2.10 bits per heavy atom. The van der Waals surface area contributed by atoms with Gasteiger partial charge in [0.05, 0.1) is 0 Å². The Hall–Kier alpha value is -1.99. The highest BCUT2D eigenvalue weighted by molar-refractivity contribution is 7.89. The van der Waals surface area contributed by atoms with Crippen LogP contribution in [0.25, 0.3) is 0 Å². The standard InChI is InChI=1S/C13H14FN3O2S/c1-9-7-16-5-4-10(9)8-17-20(18,19)13-3-2-11(15)6-12(13)14/h2-7,17H,8,15H2,1H3. The van der Waals surface area contributed by atoms with E-state index in [1.807, 2.05) is 6.92 Å². The molecule has 0 saturated heterocycles. The molecule has 1 heterocycles. The minimum atomic E-state index is -3.92. The lowest BCUT2D eigenvalue weighted by Crippen LogP contribution is -2.24. The second-order valence-electron chi connectivity index (χ2n) is 4.32. The Balaban J connectivity index is 2.22. The fourth-order valence-corrected chi connectivity index (χ4v) is 2.75. The fourth-order valence-electron chi connectivity index (χ4n) is 1.69. The summed E-state index contributed by atoms with van der Waals surface area (Å²) >= 11 is 0. The maximum atomic E-state index is 13.6. The summed E-state index contributed by atoms with van der Waals surface area (Å²) < 4.78 is 40.1. The third kappa shape index (κ3) is 3.12. The number of nitrogens with two attached hydrogens (primary N) is 1. The highest BCUT2D eigenvalue weighted by atomic mass is 32.2. The molecule has 0 unspecified atom stereocenters. The summed E-state index contributed by atoms with van der Waals surface area (Å²) in [5, 5.41) is 0. The van der Waals surface area contributed by atoms with Gasteiger partial charge in [0.2, 0.25) is 10.0 Å². The van der Waals surface area contributed by atoms with Crippen LogP contribution in [0.4, 0.5) is 10.1 Å². The van der Waals surface area contributed by atoms with Gasteiger partial charge in [0, 0.05) is 24.6 Å². The first-order chi connectivity index (χ1) is 9.40. The Bertz CT molecular complexity index is 732. The van der Waals surface area contributed by atoms with Crippen molar-refractivity contribution in [2.45, 2.75) is 18.4 Å². The van der Waals surface area contributed by atoms with Gasteiger partial charge in [-0.25, -0.2) is 17.5 Å². The zero-order chi connectivity index (χ0) is 14.8. The lowest BCUT2D eigenvalue weighted by molar-refractivity contribution is 0.557. The Labute approximate surface area is 116 Å². The molecule has 0 aliphatic heterocycles. The summed E-state index contributed by atoms with van der Waals surface area (Å²) in [5.41, 5.74) is 7.20. The molecule has 106 valence electrons. The van der Waals surface area contributed by atoms with Gasteiger partial charge in [0.15, 0.2) is 0 Å². The first-order valence-corrected chi connectivity index (χ1v) is 7.32. The van der Waals surface area contributed by atoms with Gasteiger partial charge < -0.3 is 5.73 Å². The largest absolute Gasteiger partial charge is 0.399 e. The normalized spacial score (nSPS) is 11.5. The molecule has 0 radical (unpaired) electrons. The first-order valence-electron chi connectivity index (χ1n) is 5.84. The van der Waals surface area contributed by atoms with Crippen molar-refractivity contribution >= 4 is 15.7 Å². The monoisotopic (exact) mass is 295 g/mol. The summed E-state index contributed by atoms with van der Waals surface area (Å²) in [6.07, 6.45) is 3.20. The van der Waals surface area contributed by atoms with Gasteiger partial charge in [0.1, 0.15) is 10.7 Å². The van der Waals surface area contributed by atoms with Crippen molar-refractivity contribution in [3.63, 3.8) is 0 Å². The zero-order valence-electron chi connectivity index (χ0n) is 10.8. The average Bonchev–Trinajstić information content (AvgIpc) is 2.37. The number of aromatic nitrogens is 1. The van der Waals surface area contributed by atoms with Gasteiger partial charge in [0.25, 0.3) is 0 Å². The van der Waals surface area contributed by atoms with Crippen LogP contribution in [0.1, 0.15) is 11.1 Å². The second kappa shape index (κ2) is 5.56. The molecule has 0 saturated carbocycles. The molecule has 2 aromatic rings.